The van der Waals surface area contributed by atoms with Crippen LogP contribution in [-0.4, -0.2) is 28.8 Å². The number of anilines is 1. The van der Waals surface area contributed by atoms with E-state index in [1.807, 2.05) is 48.1 Å². The van der Waals surface area contributed by atoms with E-state index in [1.54, 1.807) is 6.20 Å². The van der Waals surface area contributed by atoms with Gasteiger partial charge < -0.3 is 10.6 Å². The fourth-order valence-corrected chi connectivity index (χ4v) is 2.00. The highest BCUT2D eigenvalue weighted by Crippen LogP contribution is 2.14. The van der Waals surface area contributed by atoms with E-state index in [0.717, 1.165) is 25.2 Å². The molecule has 0 unspecified atom stereocenters. The number of benzene rings is 1. The van der Waals surface area contributed by atoms with E-state index in [-0.39, 0.29) is 5.91 Å². The van der Waals surface area contributed by atoms with E-state index in [2.05, 4.69) is 15.7 Å². The predicted molar refractivity (Wildman–Crippen MR) is 79.8 cm³/mol. The number of rotatable bonds is 7. The van der Waals surface area contributed by atoms with Crippen molar-refractivity contribution in [3.63, 3.8) is 0 Å². The largest absolute Gasteiger partial charge is 0.385 e. The van der Waals surface area contributed by atoms with Gasteiger partial charge in [-0.1, -0.05) is 12.1 Å². The molecule has 1 amide bonds. The summed E-state index contributed by atoms with van der Waals surface area (Å²) < 4.78 is 1.86. The second-order valence-corrected chi connectivity index (χ2v) is 4.45. The molecular formula is C15H20N4O. The standard InChI is InChI=1S/C15H20N4O/c1-2-16-14-8-4-3-7-13(14)15(20)17-9-5-11-19-12-6-10-18-19/h3-4,6-8,10,12,16H,2,5,9,11H2,1H3,(H,17,20). The second kappa shape index (κ2) is 7.33. The maximum absolute atomic E-state index is 12.1. The van der Waals surface area contributed by atoms with Crippen LogP contribution in [0.1, 0.15) is 23.7 Å². The number of amides is 1. The summed E-state index contributed by atoms with van der Waals surface area (Å²) in [6, 6.07) is 9.44. The van der Waals surface area contributed by atoms with Crippen LogP contribution in [0.15, 0.2) is 42.7 Å². The first kappa shape index (κ1) is 14.1. The molecule has 0 spiro atoms. The number of carbonyl (C=O) groups is 1. The first-order chi connectivity index (χ1) is 9.81. The third kappa shape index (κ3) is 3.85. The smallest absolute Gasteiger partial charge is 0.253 e. The number of nitrogens with zero attached hydrogens (tertiary/aromatic N) is 2. The molecule has 5 heteroatoms. The van der Waals surface area contributed by atoms with Gasteiger partial charge in [0.05, 0.1) is 5.56 Å². The minimum absolute atomic E-state index is 0.0398. The summed E-state index contributed by atoms with van der Waals surface area (Å²) in [4.78, 5) is 12.1. The van der Waals surface area contributed by atoms with Crippen molar-refractivity contribution >= 4 is 11.6 Å². The van der Waals surface area contributed by atoms with Gasteiger partial charge in [0, 0.05) is 37.7 Å². The summed E-state index contributed by atoms with van der Waals surface area (Å²) >= 11 is 0. The molecule has 0 atom stereocenters. The average Bonchev–Trinajstić information content (AvgIpc) is 2.97. The van der Waals surface area contributed by atoms with Crippen LogP contribution in [0.5, 0.6) is 0 Å². The first-order valence-corrected chi connectivity index (χ1v) is 6.89. The molecule has 5 nitrogen and oxygen atoms in total. The molecule has 0 aliphatic carbocycles. The van der Waals surface area contributed by atoms with Crippen LogP contribution >= 0.6 is 0 Å². The molecule has 2 rings (SSSR count). The van der Waals surface area contributed by atoms with Gasteiger partial charge in [0.2, 0.25) is 0 Å². The number of hydrogen-bond acceptors (Lipinski definition) is 3. The highest BCUT2D eigenvalue weighted by Gasteiger charge is 2.09. The van der Waals surface area contributed by atoms with Crippen LogP contribution in [0.2, 0.25) is 0 Å². The van der Waals surface area contributed by atoms with Gasteiger partial charge in [-0.25, -0.2) is 0 Å². The molecule has 0 saturated heterocycles. The van der Waals surface area contributed by atoms with Gasteiger partial charge in [-0.2, -0.15) is 5.10 Å². The zero-order valence-electron chi connectivity index (χ0n) is 11.7. The Bertz CT molecular complexity index is 537. The Labute approximate surface area is 119 Å². The van der Waals surface area contributed by atoms with Gasteiger partial charge in [-0.05, 0) is 31.5 Å². The molecule has 0 fully saturated rings. The molecule has 1 aromatic heterocycles. The fourth-order valence-electron chi connectivity index (χ4n) is 2.00. The molecule has 0 aliphatic rings. The molecule has 106 valence electrons. The molecule has 0 aliphatic heterocycles. The lowest BCUT2D eigenvalue weighted by Gasteiger charge is -2.11. The van der Waals surface area contributed by atoms with Gasteiger partial charge in [0.15, 0.2) is 0 Å². The second-order valence-electron chi connectivity index (χ2n) is 4.45. The van der Waals surface area contributed by atoms with E-state index in [1.165, 1.54) is 0 Å². The number of aryl methyl sites for hydroxylation is 1. The van der Waals surface area contributed by atoms with Crippen molar-refractivity contribution in [2.75, 3.05) is 18.4 Å². The Balaban J connectivity index is 1.82. The quantitative estimate of drug-likeness (QED) is 0.759. The van der Waals surface area contributed by atoms with E-state index in [4.69, 9.17) is 0 Å². The maximum atomic E-state index is 12.1. The van der Waals surface area contributed by atoms with Gasteiger partial charge >= 0.3 is 0 Å². The minimum Gasteiger partial charge on any atom is -0.385 e. The van der Waals surface area contributed by atoms with Crippen molar-refractivity contribution in [3.05, 3.63) is 48.3 Å². The summed E-state index contributed by atoms with van der Waals surface area (Å²) in [5, 5.41) is 10.3. The highest BCUT2D eigenvalue weighted by atomic mass is 16.1. The predicted octanol–water partition coefficient (Wildman–Crippen LogP) is 2.13. The molecule has 0 radical (unpaired) electrons. The zero-order valence-corrected chi connectivity index (χ0v) is 11.7. The zero-order chi connectivity index (χ0) is 14.2. The van der Waals surface area contributed by atoms with Crippen molar-refractivity contribution in [1.82, 2.24) is 15.1 Å². The Morgan fingerprint density at radius 1 is 1.30 bits per heavy atom. The van der Waals surface area contributed by atoms with Crippen molar-refractivity contribution < 1.29 is 4.79 Å². The number of nitrogens with one attached hydrogen (secondary N) is 2. The van der Waals surface area contributed by atoms with Crippen LogP contribution in [-0.2, 0) is 6.54 Å². The van der Waals surface area contributed by atoms with Crippen LogP contribution in [0.25, 0.3) is 0 Å². The highest BCUT2D eigenvalue weighted by molar-refractivity contribution is 5.99. The van der Waals surface area contributed by atoms with Gasteiger partial charge in [0.1, 0.15) is 0 Å². The Hall–Kier alpha value is -2.30. The summed E-state index contributed by atoms with van der Waals surface area (Å²) in [5.74, 6) is -0.0398. The maximum Gasteiger partial charge on any atom is 0.253 e. The van der Waals surface area contributed by atoms with Crippen LogP contribution in [0.4, 0.5) is 5.69 Å². The topological polar surface area (TPSA) is 59.0 Å². The molecule has 1 heterocycles. The lowest BCUT2D eigenvalue weighted by Crippen LogP contribution is -2.26. The Morgan fingerprint density at radius 2 is 2.15 bits per heavy atom. The summed E-state index contributed by atoms with van der Waals surface area (Å²) in [6.07, 6.45) is 4.53. The lowest BCUT2D eigenvalue weighted by atomic mass is 10.1. The molecule has 2 N–H and O–H groups in total. The Morgan fingerprint density at radius 3 is 2.90 bits per heavy atom. The monoisotopic (exact) mass is 272 g/mol. The lowest BCUT2D eigenvalue weighted by molar-refractivity contribution is 0.0953. The number of para-hydroxylation sites is 1. The fraction of sp³-hybridized carbons (Fsp3) is 0.333. The molecule has 20 heavy (non-hydrogen) atoms. The normalized spacial score (nSPS) is 10.2. The molecular weight excluding hydrogens is 252 g/mol. The van der Waals surface area contributed by atoms with Crippen molar-refractivity contribution in [2.45, 2.75) is 19.9 Å². The number of hydrogen-bond donors (Lipinski definition) is 2. The number of carbonyl (C=O) groups excluding carboxylic acids is 1. The minimum atomic E-state index is -0.0398. The van der Waals surface area contributed by atoms with Crippen molar-refractivity contribution in [2.24, 2.45) is 0 Å². The molecule has 2 aromatic rings. The van der Waals surface area contributed by atoms with Gasteiger partial charge in [-0.15, -0.1) is 0 Å². The third-order valence-corrected chi connectivity index (χ3v) is 2.95. The molecule has 0 saturated carbocycles. The summed E-state index contributed by atoms with van der Waals surface area (Å²) in [6.45, 7) is 4.25. The van der Waals surface area contributed by atoms with E-state index < -0.39 is 0 Å². The van der Waals surface area contributed by atoms with Crippen LogP contribution in [0, 0.1) is 0 Å². The number of aromatic nitrogens is 2. The van der Waals surface area contributed by atoms with Crippen LogP contribution < -0.4 is 10.6 Å². The van der Waals surface area contributed by atoms with E-state index >= 15 is 0 Å². The van der Waals surface area contributed by atoms with Crippen molar-refractivity contribution in [3.8, 4) is 0 Å². The molecule has 0 bridgehead atoms. The SMILES string of the molecule is CCNc1ccccc1C(=O)NCCCn1cccn1. The first-order valence-electron chi connectivity index (χ1n) is 6.89. The van der Waals surface area contributed by atoms with Crippen molar-refractivity contribution in [1.29, 1.82) is 0 Å². The molecule has 1 aromatic carbocycles. The third-order valence-electron chi connectivity index (χ3n) is 2.95. The van der Waals surface area contributed by atoms with Gasteiger partial charge in [0.25, 0.3) is 5.91 Å². The van der Waals surface area contributed by atoms with Crippen LogP contribution in [0.3, 0.4) is 0 Å². The van der Waals surface area contributed by atoms with E-state index in [0.29, 0.717) is 12.1 Å². The summed E-state index contributed by atoms with van der Waals surface area (Å²) in [7, 11) is 0. The Kier molecular flexibility index (Phi) is 5.17. The van der Waals surface area contributed by atoms with E-state index in [9.17, 15) is 4.79 Å². The average molecular weight is 272 g/mol. The summed E-state index contributed by atoms with van der Waals surface area (Å²) in [5.41, 5.74) is 1.56. The van der Waals surface area contributed by atoms with Gasteiger partial charge in [-0.3, -0.25) is 9.48 Å².